The maximum absolute atomic E-state index is 11.3. The van der Waals surface area contributed by atoms with Crippen LogP contribution in [0.4, 0.5) is 23.3 Å². The van der Waals surface area contributed by atoms with Gasteiger partial charge in [-0.2, -0.15) is 15.0 Å². The van der Waals surface area contributed by atoms with Gasteiger partial charge in [0.15, 0.2) is 5.16 Å². The minimum atomic E-state index is -0.674. The summed E-state index contributed by atoms with van der Waals surface area (Å²) < 4.78 is 0. The van der Waals surface area contributed by atoms with Crippen molar-refractivity contribution in [3.63, 3.8) is 0 Å². The lowest BCUT2D eigenvalue weighted by atomic mass is 10.3. The van der Waals surface area contributed by atoms with Gasteiger partial charge in [0.25, 0.3) is 11.4 Å². The maximum Gasteiger partial charge on any atom is 0.290 e. The van der Waals surface area contributed by atoms with Gasteiger partial charge in [0, 0.05) is 25.7 Å². The molecule has 0 aliphatic carbocycles. The molecule has 0 fully saturated rings. The van der Waals surface area contributed by atoms with Crippen LogP contribution < -0.4 is 10.2 Å². The maximum atomic E-state index is 11.3. The Labute approximate surface area is 159 Å². The molecule has 1 aromatic carbocycles. The average molecular weight is 393 g/mol. The first-order valence-corrected chi connectivity index (χ1v) is 9.06. The van der Waals surface area contributed by atoms with Gasteiger partial charge in [0.05, 0.1) is 20.8 Å². The van der Waals surface area contributed by atoms with Crippen LogP contribution in [-0.4, -0.2) is 44.4 Å². The number of rotatable bonds is 9. The van der Waals surface area contributed by atoms with Gasteiger partial charge in [-0.3, -0.25) is 20.2 Å². The van der Waals surface area contributed by atoms with Crippen molar-refractivity contribution in [1.29, 1.82) is 0 Å². The Hall–Kier alpha value is -3.02. The molecule has 0 saturated heterocycles. The zero-order valence-electron chi connectivity index (χ0n) is 15.1. The van der Waals surface area contributed by atoms with E-state index in [-0.39, 0.29) is 21.4 Å². The Balaban J connectivity index is 2.46. The standard InChI is InChI=1S/C15H19N7O4S/c1-4-16-13-17-14(20(5-2)6-3)19-15(18-13)27-12-8-7-10(21(23)24)9-11(12)22(25)26/h7-9H,4-6H2,1-3H3,(H,16,17,18,19). The van der Waals surface area contributed by atoms with Crippen LogP contribution in [-0.2, 0) is 0 Å². The molecule has 1 aromatic heterocycles. The third-order valence-electron chi connectivity index (χ3n) is 3.54. The monoisotopic (exact) mass is 393 g/mol. The van der Waals surface area contributed by atoms with Crippen molar-refractivity contribution in [2.75, 3.05) is 29.9 Å². The Morgan fingerprint density at radius 2 is 1.78 bits per heavy atom. The van der Waals surface area contributed by atoms with Crippen LogP contribution in [0.3, 0.4) is 0 Å². The molecule has 0 atom stereocenters. The first kappa shape index (κ1) is 20.3. The molecule has 0 bridgehead atoms. The molecule has 27 heavy (non-hydrogen) atoms. The number of hydrogen-bond donors (Lipinski definition) is 1. The van der Waals surface area contributed by atoms with Crippen LogP contribution in [0, 0.1) is 20.2 Å². The zero-order valence-corrected chi connectivity index (χ0v) is 15.9. The summed E-state index contributed by atoms with van der Waals surface area (Å²) in [5.74, 6) is 0.819. The number of nitrogens with zero attached hydrogens (tertiary/aromatic N) is 6. The highest BCUT2D eigenvalue weighted by Gasteiger charge is 2.22. The molecule has 0 amide bonds. The Morgan fingerprint density at radius 1 is 1.07 bits per heavy atom. The van der Waals surface area contributed by atoms with Crippen LogP contribution in [0.5, 0.6) is 0 Å². The van der Waals surface area contributed by atoms with E-state index in [0.29, 0.717) is 31.5 Å². The van der Waals surface area contributed by atoms with Gasteiger partial charge >= 0.3 is 0 Å². The molecule has 0 unspecified atom stereocenters. The number of non-ortho nitro benzene ring substituents is 1. The quantitative estimate of drug-likeness (QED) is 0.499. The number of nitro benzene ring substituents is 2. The predicted octanol–water partition coefficient (Wildman–Crippen LogP) is 3.12. The van der Waals surface area contributed by atoms with Crippen molar-refractivity contribution >= 4 is 35.0 Å². The normalized spacial score (nSPS) is 10.5. The Kier molecular flexibility index (Phi) is 6.82. The molecule has 11 nitrogen and oxygen atoms in total. The van der Waals surface area contributed by atoms with E-state index in [1.54, 1.807) is 0 Å². The smallest absolute Gasteiger partial charge is 0.290 e. The van der Waals surface area contributed by atoms with E-state index < -0.39 is 9.85 Å². The Bertz CT molecular complexity index is 845. The number of benzene rings is 1. The molecule has 0 saturated carbocycles. The summed E-state index contributed by atoms with van der Waals surface area (Å²) in [7, 11) is 0. The van der Waals surface area contributed by atoms with Gasteiger partial charge in [0.2, 0.25) is 11.9 Å². The van der Waals surface area contributed by atoms with Crippen molar-refractivity contribution in [3.05, 3.63) is 38.4 Å². The summed E-state index contributed by atoms with van der Waals surface area (Å²) in [6.45, 7) is 7.81. The average Bonchev–Trinajstić information content (AvgIpc) is 2.63. The molecule has 1 heterocycles. The molecule has 2 aromatic rings. The summed E-state index contributed by atoms with van der Waals surface area (Å²) >= 11 is 0.962. The van der Waals surface area contributed by atoms with Crippen LogP contribution in [0.25, 0.3) is 0 Å². The molecule has 2 rings (SSSR count). The van der Waals surface area contributed by atoms with Gasteiger partial charge in [0.1, 0.15) is 0 Å². The van der Waals surface area contributed by atoms with Crippen LogP contribution in [0.2, 0.25) is 0 Å². The number of nitro groups is 2. The van der Waals surface area contributed by atoms with Gasteiger partial charge in [-0.1, -0.05) is 0 Å². The van der Waals surface area contributed by atoms with Crippen molar-refractivity contribution in [2.24, 2.45) is 0 Å². The van der Waals surface area contributed by atoms with Gasteiger partial charge in [-0.05, 0) is 38.6 Å². The second-order valence-corrected chi connectivity index (χ2v) is 6.22. The number of nitrogens with one attached hydrogen (secondary N) is 1. The molecular weight excluding hydrogens is 374 g/mol. The van der Waals surface area contributed by atoms with Crippen LogP contribution in [0.15, 0.2) is 28.3 Å². The minimum Gasteiger partial charge on any atom is -0.354 e. The van der Waals surface area contributed by atoms with Crippen molar-refractivity contribution in [1.82, 2.24) is 15.0 Å². The lowest BCUT2D eigenvalue weighted by Gasteiger charge is -2.19. The molecule has 0 radical (unpaired) electrons. The predicted molar refractivity (Wildman–Crippen MR) is 101 cm³/mol. The third kappa shape index (κ3) is 5.00. The van der Waals surface area contributed by atoms with E-state index in [1.807, 2.05) is 25.7 Å². The largest absolute Gasteiger partial charge is 0.354 e. The molecular formula is C15H19N7O4S. The topological polar surface area (TPSA) is 140 Å². The number of hydrogen-bond acceptors (Lipinski definition) is 10. The Morgan fingerprint density at radius 3 is 2.33 bits per heavy atom. The molecule has 0 aliphatic rings. The summed E-state index contributed by atoms with van der Waals surface area (Å²) in [5, 5.41) is 25.5. The summed E-state index contributed by atoms with van der Waals surface area (Å²) in [6, 6.07) is 3.47. The third-order valence-corrected chi connectivity index (χ3v) is 4.47. The summed E-state index contributed by atoms with van der Waals surface area (Å²) in [5.41, 5.74) is -0.720. The summed E-state index contributed by atoms with van der Waals surface area (Å²) in [6.07, 6.45) is 0. The van der Waals surface area contributed by atoms with Gasteiger partial charge in [-0.25, -0.2) is 0 Å². The molecule has 0 aliphatic heterocycles. The van der Waals surface area contributed by atoms with Gasteiger partial charge in [-0.15, -0.1) is 0 Å². The van der Waals surface area contributed by atoms with Crippen molar-refractivity contribution < 1.29 is 9.85 Å². The SMILES string of the molecule is CCNc1nc(Sc2ccc([N+](=O)[O-])cc2[N+](=O)[O-])nc(N(CC)CC)n1. The highest BCUT2D eigenvalue weighted by atomic mass is 32.2. The lowest BCUT2D eigenvalue weighted by molar-refractivity contribution is -0.396. The first-order valence-electron chi connectivity index (χ1n) is 8.25. The van der Waals surface area contributed by atoms with Crippen LogP contribution >= 0.6 is 11.8 Å². The minimum absolute atomic E-state index is 0.213. The highest BCUT2D eigenvalue weighted by molar-refractivity contribution is 7.99. The van der Waals surface area contributed by atoms with E-state index in [2.05, 4.69) is 20.3 Å². The van der Waals surface area contributed by atoms with Crippen molar-refractivity contribution in [3.8, 4) is 0 Å². The highest BCUT2D eigenvalue weighted by Crippen LogP contribution is 2.36. The molecule has 12 heteroatoms. The fourth-order valence-corrected chi connectivity index (χ4v) is 3.05. The van der Waals surface area contributed by atoms with Crippen molar-refractivity contribution in [2.45, 2.75) is 30.8 Å². The van der Waals surface area contributed by atoms with Crippen LogP contribution in [0.1, 0.15) is 20.8 Å². The van der Waals surface area contributed by atoms with Gasteiger partial charge < -0.3 is 10.2 Å². The lowest BCUT2D eigenvalue weighted by Crippen LogP contribution is -2.25. The summed E-state index contributed by atoms with van der Waals surface area (Å²) in [4.78, 5) is 36.0. The second kappa shape index (κ2) is 9.07. The van der Waals surface area contributed by atoms with E-state index in [1.165, 1.54) is 12.1 Å². The van der Waals surface area contributed by atoms with E-state index in [9.17, 15) is 20.2 Å². The number of anilines is 2. The molecule has 0 spiro atoms. The fourth-order valence-electron chi connectivity index (χ4n) is 2.22. The molecule has 1 N–H and O–H groups in total. The second-order valence-electron chi connectivity index (χ2n) is 5.21. The zero-order chi connectivity index (χ0) is 20.0. The first-order chi connectivity index (χ1) is 12.9. The van der Waals surface area contributed by atoms with E-state index >= 15 is 0 Å². The number of aromatic nitrogens is 3. The fraction of sp³-hybridized carbons (Fsp3) is 0.400. The van der Waals surface area contributed by atoms with E-state index in [4.69, 9.17) is 0 Å². The molecule has 144 valence electrons. The van der Waals surface area contributed by atoms with E-state index in [0.717, 1.165) is 17.8 Å².